The predicted octanol–water partition coefficient (Wildman–Crippen LogP) is 6.71. The maximum atomic E-state index is 14.6. The number of rotatable bonds is 2. The summed E-state index contributed by atoms with van der Waals surface area (Å²) in [4.78, 5) is 28.1. The van der Waals surface area contributed by atoms with E-state index in [1.165, 1.54) is 7.11 Å². The van der Waals surface area contributed by atoms with Crippen molar-refractivity contribution in [2.75, 3.05) is 7.11 Å². The van der Waals surface area contributed by atoms with Crippen molar-refractivity contribution in [1.82, 2.24) is 10.2 Å². The minimum Gasteiger partial charge on any atom is -0.510 e. The summed E-state index contributed by atoms with van der Waals surface area (Å²) in [7, 11) is 1.48. The summed E-state index contributed by atoms with van der Waals surface area (Å²) in [6.07, 6.45) is 7.81. The number of hydrogen-bond acceptors (Lipinski definition) is 8. The molecule has 42 heavy (non-hydrogen) atoms. The van der Waals surface area contributed by atoms with Crippen LogP contribution in [0.3, 0.4) is 0 Å². The van der Waals surface area contributed by atoms with Gasteiger partial charge in [0, 0.05) is 12.8 Å². The molecule has 0 aromatic carbocycles. The summed E-state index contributed by atoms with van der Waals surface area (Å²) in [6, 6.07) is 2.28. The van der Waals surface area contributed by atoms with Crippen LogP contribution >= 0.6 is 0 Å². The normalized spacial score (nSPS) is 44.1. The molecule has 8 heteroatoms. The lowest BCUT2D eigenvalue weighted by atomic mass is 9.34. The van der Waals surface area contributed by atoms with E-state index in [-0.39, 0.29) is 51.5 Å². The van der Waals surface area contributed by atoms with Gasteiger partial charge in [-0.15, -0.1) is 10.2 Å². The molecule has 1 aromatic rings. The van der Waals surface area contributed by atoms with Gasteiger partial charge in [-0.05, 0) is 97.9 Å². The molecule has 5 aliphatic carbocycles. The molecule has 1 aromatic heterocycles. The number of methoxy groups -OCH3 is 1. The molecule has 0 aliphatic heterocycles. The third kappa shape index (κ3) is 3.40. The highest BCUT2D eigenvalue weighted by atomic mass is 16.5. The summed E-state index contributed by atoms with van der Waals surface area (Å²) < 4.78 is 11.4. The number of aliphatic hydroxyl groups is 1. The summed E-state index contributed by atoms with van der Waals surface area (Å²) in [5.41, 5.74) is -1.57. The number of aryl methyl sites for hydroxylation is 1. The number of carbonyl (C=O) groups is 2. The molecule has 1 heterocycles. The van der Waals surface area contributed by atoms with Gasteiger partial charge in [-0.25, -0.2) is 0 Å². The van der Waals surface area contributed by atoms with Crippen molar-refractivity contribution in [1.29, 1.82) is 5.26 Å². The largest absolute Gasteiger partial charge is 0.510 e. The molecule has 3 saturated carbocycles. The minimum absolute atomic E-state index is 0.00322. The van der Waals surface area contributed by atoms with Crippen molar-refractivity contribution < 1.29 is 23.8 Å². The quantitative estimate of drug-likeness (QED) is 0.386. The van der Waals surface area contributed by atoms with Gasteiger partial charge in [0.15, 0.2) is 5.78 Å². The third-order valence-corrected chi connectivity index (χ3v) is 13.4. The second-order valence-corrected chi connectivity index (χ2v) is 15.8. The molecule has 0 amide bonds. The van der Waals surface area contributed by atoms with E-state index in [2.05, 4.69) is 50.9 Å². The highest BCUT2D eigenvalue weighted by Gasteiger charge is 2.72. The number of ether oxygens (including phenoxy) is 1. The van der Waals surface area contributed by atoms with Crippen LogP contribution in [0.4, 0.5) is 0 Å². The molecule has 0 unspecified atom stereocenters. The van der Waals surface area contributed by atoms with Crippen molar-refractivity contribution in [3.63, 3.8) is 0 Å². The Balaban J connectivity index is 1.53. The lowest BCUT2D eigenvalue weighted by molar-refractivity contribution is -0.191. The molecule has 226 valence electrons. The van der Waals surface area contributed by atoms with Crippen LogP contribution in [0, 0.1) is 63.1 Å². The average molecular weight is 576 g/mol. The first kappa shape index (κ1) is 29.1. The van der Waals surface area contributed by atoms with Gasteiger partial charge in [-0.2, -0.15) is 5.26 Å². The van der Waals surface area contributed by atoms with E-state index >= 15 is 0 Å². The zero-order valence-electron chi connectivity index (χ0n) is 26.4. The van der Waals surface area contributed by atoms with Crippen LogP contribution in [0.1, 0.15) is 105 Å². The van der Waals surface area contributed by atoms with Crippen LogP contribution in [0.5, 0.6) is 0 Å². The molecule has 3 fully saturated rings. The molecule has 8 atom stereocenters. The number of allylic oxidation sites excluding steroid dienone is 4. The standard InChI is InChI=1S/C34H45N3O5/c1-19-36-37-27(42-19)33(7)23-9-10-31(5)24(30(23,4)16-20(18-35)26(33)39)15-22(38)25-21-17-29(2,3)11-13-34(21,28(40)41-8)14-12-32(25,31)6/h15,21,23,25,39H,9-14,16-17H2,1-8H3/t21-,23+,25-,30-,31+,32+,33-,34-/m0/s1. The number of aromatic nitrogens is 2. The number of aliphatic hydroxyl groups excluding tert-OH is 1. The molecule has 6 rings (SSSR count). The Bertz CT molecular complexity index is 1480. The van der Waals surface area contributed by atoms with Crippen LogP contribution in [-0.4, -0.2) is 34.2 Å². The molecule has 1 N–H and O–H groups in total. The van der Waals surface area contributed by atoms with E-state index in [9.17, 15) is 20.0 Å². The first-order valence-corrected chi connectivity index (χ1v) is 15.5. The van der Waals surface area contributed by atoms with Gasteiger partial charge in [-0.1, -0.05) is 40.2 Å². The fourth-order valence-corrected chi connectivity index (χ4v) is 10.9. The van der Waals surface area contributed by atoms with Crippen molar-refractivity contribution in [2.24, 2.45) is 44.8 Å². The van der Waals surface area contributed by atoms with E-state index in [1.54, 1.807) is 6.92 Å². The fourth-order valence-electron chi connectivity index (χ4n) is 10.9. The van der Waals surface area contributed by atoms with Gasteiger partial charge in [0.25, 0.3) is 0 Å². The van der Waals surface area contributed by atoms with Gasteiger partial charge in [-0.3, -0.25) is 9.59 Å². The highest BCUT2D eigenvalue weighted by Crippen LogP contribution is 2.75. The first-order chi connectivity index (χ1) is 19.5. The zero-order chi connectivity index (χ0) is 30.7. The molecule has 0 spiro atoms. The van der Waals surface area contributed by atoms with Gasteiger partial charge < -0.3 is 14.3 Å². The number of fused-ring (bicyclic) bond motifs is 7. The van der Waals surface area contributed by atoms with E-state index in [4.69, 9.17) is 9.15 Å². The number of hydrogen-bond donors (Lipinski definition) is 1. The predicted molar refractivity (Wildman–Crippen MR) is 155 cm³/mol. The Hall–Kier alpha value is -2.95. The van der Waals surface area contributed by atoms with Crippen LogP contribution in [0.15, 0.2) is 27.4 Å². The molecule has 0 bridgehead atoms. The number of esters is 1. The molecule has 0 saturated heterocycles. The lowest BCUT2D eigenvalue weighted by Gasteiger charge is -2.69. The van der Waals surface area contributed by atoms with Gasteiger partial charge in [0.05, 0.1) is 24.2 Å². The van der Waals surface area contributed by atoms with E-state index in [0.717, 1.165) is 44.1 Å². The maximum Gasteiger partial charge on any atom is 0.312 e. The topological polar surface area (TPSA) is 126 Å². The van der Waals surface area contributed by atoms with E-state index in [1.807, 2.05) is 13.0 Å². The number of nitrogens with zero attached hydrogens (tertiary/aromatic N) is 3. The van der Waals surface area contributed by atoms with Crippen molar-refractivity contribution >= 4 is 11.8 Å². The first-order valence-electron chi connectivity index (χ1n) is 15.5. The second kappa shape index (κ2) is 8.80. The molecule has 8 nitrogen and oxygen atoms in total. The Morgan fingerprint density at radius 2 is 1.79 bits per heavy atom. The van der Waals surface area contributed by atoms with Crippen LogP contribution < -0.4 is 0 Å². The summed E-state index contributed by atoms with van der Waals surface area (Å²) in [5, 5.41) is 30.2. The Kier molecular flexibility index (Phi) is 6.10. The third-order valence-electron chi connectivity index (χ3n) is 13.4. The summed E-state index contributed by atoms with van der Waals surface area (Å²) in [5.74, 6) is 0.113. The van der Waals surface area contributed by atoms with Crippen molar-refractivity contribution in [3.05, 3.63) is 34.8 Å². The smallest absolute Gasteiger partial charge is 0.312 e. The SMILES string of the molecule is COC(=O)[C@]12CCC(C)(C)C[C@H]1[C@H]1C(=O)C=C3[C@@]4(C)CC(C#N)=C(O)[C@@](C)(c5nnc(C)o5)[C@@H]4CC[C@@]3(C)[C@]1(C)CC2. The van der Waals surface area contributed by atoms with Crippen LogP contribution in [0.2, 0.25) is 0 Å². The zero-order valence-corrected chi connectivity index (χ0v) is 26.4. The highest BCUT2D eigenvalue weighted by molar-refractivity contribution is 5.96. The van der Waals surface area contributed by atoms with Crippen LogP contribution in [0.25, 0.3) is 0 Å². The Labute approximate surface area is 249 Å². The number of ketones is 1. The summed E-state index contributed by atoms with van der Waals surface area (Å²) in [6.45, 7) is 14.9. The van der Waals surface area contributed by atoms with Gasteiger partial charge >= 0.3 is 5.97 Å². The lowest BCUT2D eigenvalue weighted by Crippen LogP contribution is -2.66. The maximum absolute atomic E-state index is 14.6. The monoisotopic (exact) mass is 575 g/mol. The van der Waals surface area contributed by atoms with Crippen molar-refractivity contribution in [3.8, 4) is 6.07 Å². The Morgan fingerprint density at radius 3 is 2.40 bits per heavy atom. The molecule has 0 radical (unpaired) electrons. The molecule has 5 aliphatic rings. The molecular formula is C34H45N3O5. The summed E-state index contributed by atoms with van der Waals surface area (Å²) >= 11 is 0. The molecular weight excluding hydrogens is 530 g/mol. The van der Waals surface area contributed by atoms with Crippen molar-refractivity contribution in [2.45, 2.75) is 105 Å². The fraction of sp³-hybridized carbons (Fsp3) is 0.735. The van der Waals surface area contributed by atoms with Crippen LogP contribution in [-0.2, 0) is 19.7 Å². The van der Waals surface area contributed by atoms with Gasteiger partial charge in [0.1, 0.15) is 11.2 Å². The number of carbonyl (C=O) groups excluding carboxylic acids is 2. The number of nitriles is 1. The van der Waals surface area contributed by atoms with Gasteiger partial charge in [0.2, 0.25) is 11.8 Å². The van der Waals surface area contributed by atoms with E-state index in [0.29, 0.717) is 30.2 Å². The average Bonchev–Trinajstić information content (AvgIpc) is 3.38. The Morgan fingerprint density at radius 1 is 1.10 bits per heavy atom. The van der Waals surface area contributed by atoms with E-state index < -0.39 is 16.2 Å². The minimum atomic E-state index is -1.05. The second-order valence-electron chi connectivity index (χ2n) is 15.8.